The van der Waals surface area contributed by atoms with Crippen LogP contribution in [0.1, 0.15) is 11.1 Å². The molecule has 0 unspecified atom stereocenters. The normalized spacial score (nSPS) is 10.3. The molecule has 3 rings (SSSR count). The molecule has 0 spiro atoms. The summed E-state index contributed by atoms with van der Waals surface area (Å²) < 4.78 is 2.06. The van der Waals surface area contributed by atoms with Crippen LogP contribution in [0, 0.1) is 11.3 Å². The molecule has 19 heavy (non-hydrogen) atoms. The molecule has 0 aliphatic rings. The van der Waals surface area contributed by atoms with Crippen LogP contribution in [0.3, 0.4) is 0 Å². The summed E-state index contributed by atoms with van der Waals surface area (Å²) >= 11 is 0. The van der Waals surface area contributed by atoms with Crippen LogP contribution in [0.5, 0.6) is 0 Å². The van der Waals surface area contributed by atoms with Gasteiger partial charge >= 0.3 is 0 Å². The van der Waals surface area contributed by atoms with E-state index in [1.165, 1.54) is 12.5 Å². The van der Waals surface area contributed by atoms with Gasteiger partial charge in [0.1, 0.15) is 23.8 Å². The highest BCUT2D eigenvalue weighted by molar-refractivity contribution is 5.53. The van der Waals surface area contributed by atoms with Crippen LogP contribution in [-0.4, -0.2) is 14.4 Å². The van der Waals surface area contributed by atoms with Crippen LogP contribution in [0.4, 0.5) is 5.82 Å². The number of pyridine rings is 1. The minimum absolute atomic E-state index is 0.450. The zero-order valence-corrected chi connectivity index (χ0v) is 10.1. The Morgan fingerprint density at radius 3 is 3.16 bits per heavy atom. The summed E-state index contributed by atoms with van der Waals surface area (Å²) in [5.41, 5.74) is 2.72. The van der Waals surface area contributed by atoms with E-state index in [4.69, 9.17) is 5.26 Å². The number of nitrogens with one attached hydrogen (secondary N) is 1. The molecule has 0 saturated heterocycles. The van der Waals surface area contributed by atoms with Gasteiger partial charge in [0.25, 0.3) is 0 Å². The Bertz CT molecular complexity index is 721. The lowest BCUT2D eigenvalue weighted by atomic mass is 10.3. The fourth-order valence-corrected chi connectivity index (χ4v) is 1.95. The number of rotatable bonds is 3. The average Bonchev–Trinajstić information content (AvgIpc) is 2.88. The summed E-state index contributed by atoms with van der Waals surface area (Å²) in [4.78, 5) is 7.90. The first kappa shape index (κ1) is 11.2. The van der Waals surface area contributed by atoms with Gasteiger partial charge in [-0.2, -0.15) is 5.26 Å². The maximum Gasteiger partial charge on any atom is 0.147 e. The van der Waals surface area contributed by atoms with Crippen molar-refractivity contribution in [3.63, 3.8) is 0 Å². The van der Waals surface area contributed by atoms with Gasteiger partial charge in [0.2, 0.25) is 0 Å². The molecular weight excluding hydrogens is 238 g/mol. The van der Waals surface area contributed by atoms with Crippen LogP contribution >= 0.6 is 0 Å². The van der Waals surface area contributed by atoms with Gasteiger partial charge in [-0.25, -0.2) is 9.97 Å². The molecule has 5 heteroatoms. The molecule has 3 aromatic rings. The largest absolute Gasteiger partial charge is 0.365 e. The van der Waals surface area contributed by atoms with E-state index in [1.54, 1.807) is 0 Å². The molecule has 0 radical (unpaired) electrons. The van der Waals surface area contributed by atoms with Crippen molar-refractivity contribution in [3.05, 3.63) is 60.3 Å². The first-order chi connectivity index (χ1) is 9.36. The Labute approximate surface area is 110 Å². The summed E-state index contributed by atoms with van der Waals surface area (Å²) in [5, 5.41) is 12.1. The molecule has 0 aliphatic heterocycles. The highest BCUT2D eigenvalue weighted by atomic mass is 15.0. The Balaban J connectivity index is 1.81. The molecule has 0 atom stereocenters. The summed E-state index contributed by atoms with van der Waals surface area (Å²) in [6, 6.07) is 10.2. The molecule has 5 nitrogen and oxygen atoms in total. The smallest absolute Gasteiger partial charge is 0.147 e. The molecule has 3 heterocycles. The first-order valence-corrected chi connectivity index (χ1v) is 5.86. The molecule has 0 saturated carbocycles. The summed E-state index contributed by atoms with van der Waals surface area (Å²) in [5.74, 6) is 0.563. The van der Waals surface area contributed by atoms with E-state index in [-0.39, 0.29) is 0 Å². The van der Waals surface area contributed by atoms with E-state index >= 15 is 0 Å². The van der Waals surface area contributed by atoms with Gasteiger partial charge in [-0.3, -0.25) is 0 Å². The van der Waals surface area contributed by atoms with Crippen molar-refractivity contribution in [3.8, 4) is 6.07 Å². The number of nitriles is 1. The van der Waals surface area contributed by atoms with Crippen molar-refractivity contribution in [2.24, 2.45) is 0 Å². The first-order valence-electron chi connectivity index (χ1n) is 5.86. The van der Waals surface area contributed by atoms with Crippen molar-refractivity contribution >= 4 is 11.3 Å². The zero-order chi connectivity index (χ0) is 13.1. The molecule has 0 amide bonds. The van der Waals surface area contributed by atoms with Crippen LogP contribution in [0.25, 0.3) is 5.52 Å². The van der Waals surface area contributed by atoms with E-state index in [2.05, 4.69) is 44.1 Å². The Morgan fingerprint density at radius 2 is 2.32 bits per heavy atom. The minimum atomic E-state index is 0.450. The highest BCUT2D eigenvalue weighted by Crippen LogP contribution is 2.13. The second kappa shape index (κ2) is 4.78. The van der Waals surface area contributed by atoms with Gasteiger partial charge in [0, 0.05) is 24.5 Å². The van der Waals surface area contributed by atoms with Crippen molar-refractivity contribution in [1.82, 2.24) is 14.4 Å². The number of aromatic nitrogens is 3. The van der Waals surface area contributed by atoms with Gasteiger partial charge < -0.3 is 9.72 Å². The third-order valence-corrected chi connectivity index (χ3v) is 2.85. The van der Waals surface area contributed by atoms with E-state index in [9.17, 15) is 0 Å². The number of fused-ring (bicyclic) bond motifs is 1. The van der Waals surface area contributed by atoms with Gasteiger partial charge in [-0.05, 0) is 23.8 Å². The van der Waals surface area contributed by atoms with Gasteiger partial charge in [-0.15, -0.1) is 0 Å². The predicted molar refractivity (Wildman–Crippen MR) is 71.5 cm³/mol. The number of nitrogens with zero attached hydrogens (tertiary/aromatic N) is 4. The third-order valence-electron chi connectivity index (χ3n) is 2.85. The third kappa shape index (κ3) is 2.24. The molecule has 0 aromatic carbocycles. The lowest BCUT2D eigenvalue weighted by Gasteiger charge is -2.04. The number of anilines is 1. The predicted octanol–water partition coefficient (Wildman–Crippen LogP) is 2.21. The molecule has 92 valence electrons. The second-order valence-corrected chi connectivity index (χ2v) is 4.13. The summed E-state index contributed by atoms with van der Waals surface area (Å²) in [7, 11) is 0. The quantitative estimate of drug-likeness (QED) is 0.772. The van der Waals surface area contributed by atoms with Crippen molar-refractivity contribution < 1.29 is 0 Å². The molecular formula is C14H11N5. The molecule has 0 bridgehead atoms. The van der Waals surface area contributed by atoms with Crippen molar-refractivity contribution in [2.75, 3.05) is 5.32 Å². The van der Waals surface area contributed by atoms with E-state index in [0.717, 1.165) is 11.1 Å². The number of hydrogen-bond acceptors (Lipinski definition) is 4. The molecule has 3 aromatic heterocycles. The summed E-state index contributed by atoms with van der Waals surface area (Å²) in [6.45, 7) is 0.618. The SMILES string of the molecule is N#Cc1cncnc1NCc1cc2ccccn2c1. The van der Waals surface area contributed by atoms with Crippen LogP contribution < -0.4 is 5.32 Å². The maximum absolute atomic E-state index is 8.96. The fraction of sp³-hybridized carbons (Fsp3) is 0.0714. The van der Waals surface area contributed by atoms with Gasteiger partial charge in [0.15, 0.2) is 0 Å². The highest BCUT2D eigenvalue weighted by Gasteiger charge is 2.04. The fourth-order valence-electron chi connectivity index (χ4n) is 1.95. The summed E-state index contributed by atoms with van der Waals surface area (Å²) in [6.07, 6.45) is 6.99. The Hall–Kier alpha value is -2.87. The Morgan fingerprint density at radius 1 is 1.37 bits per heavy atom. The molecule has 0 aliphatic carbocycles. The number of hydrogen-bond donors (Lipinski definition) is 1. The minimum Gasteiger partial charge on any atom is -0.365 e. The van der Waals surface area contributed by atoms with Gasteiger partial charge in [0.05, 0.1) is 6.20 Å². The molecule has 0 fully saturated rings. The van der Waals surface area contributed by atoms with Crippen LogP contribution in [0.15, 0.2) is 49.2 Å². The second-order valence-electron chi connectivity index (χ2n) is 4.13. The Kier molecular flexibility index (Phi) is 2.83. The maximum atomic E-state index is 8.96. The zero-order valence-electron chi connectivity index (χ0n) is 10.1. The lowest BCUT2D eigenvalue weighted by Crippen LogP contribution is -2.03. The van der Waals surface area contributed by atoms with Gasteiger partial charge in [-0.1, -0.05) is 6.07 Å². The monoisotopic (exact) mass is 249 g/mol. The van der Waals surface area contributed by atoms with Crippen molar-refractivity contribution in [1.29, 1.82) is 5.26 Å². The van der Waals surface area contributed by atoms with E-state index < -0.39 is 0 Å². The topological polar surface area (TPSA) is 66.0 Å². The van der Waals surface area contributed by atoms with Crippen LogP contribution in [0.2, 0.25) is 0 Å². The van der Waals surface area contributed by atoms with Crippen LogP contribution in [-0.2, 0) is 6.54 Å². The standard InChI is InChI=1S/C14H11N5/c15-6-12-8-16-10-18-14(12)17-7-11-5-13-3-1-2-4-19(13)9-11/h1-5,8-10H,7H2,(H,16,17,18). The van der Waals surface area contributed by atoms with Crippen molar-refractivity contribution in [2.45, 2.75) is 6.54 Å². The lowest BCUT2D eigenvalue weighted by molar-refractivity contribution is 1.07. The average molecular weight is 249 g/mol. The van der Waals surface area contributed by atoms with E-state index in [1.807, 2.05) is 18.3 Å². The van der Waals surface area contributed by atoms with E-state index in [0.29, 0.717) is 17.9 Å². The molecule has 1 N–H and O–H groups in total.